The number of benzene rings is 2. The van der Waals surface area contributed by atoms with Crippen LogP contribution in [0.2, 0.25) is 0 Å². The zero-order valence-corrected chi connectivity index (χ0v) is 25.4. The van der Waals surface area contributed by atoms with Gasteiger partial charge in [0.15, 0.2) is 11.5 Å². The minimum atomic E-state index is -0.236. The molecule has 1 aromatic heterocycles. The number of imidazole rings is 1. The Labute approximate surface area is 253 Å². The molecular formula is C33H43N5O5. The summed E-state index contributed by atoms with van der Waals surface area (Å²) in [6.07, 6.45) is 6.44. The third-order valence-corrected chi connectivity index (χ3v) is 8.08. The number of aryl methyl sites for hydroxylation is 2. The van der Waals surface area contributed by atoms with Gasteiger partial charge in [-0.25, -0.2) is 4.98 Å². The van der Waals surface area contributed by atoms with Crippen LogP contribution in [0.25, 0.3) is 0 Å². The second kappa shape index (κ2) is 14.5. The number of likely N-dealkylation sites (N-methyl/N-ethyl adjacent to an activating group) is 1. The molecule has 2 N–H and O–H groups in total. The van der Waals surface area contributed by atoms with Gasteiger partial charge in [0.25, 0.3) is 0 Å². The highest BCUT2D eigenvalue weighted by molar-refractivity contribution is 5.84. The number of carbonyl (C=O) groups is 2. The number of amides is 2. The van der Waals surface area contributed by atoms with Gasteiger partial charge in [0.2, 0.25) is 11.8 Å². The number of nitrogens with zero attached hydrogens (tertiary/aromatic N) is 3. The minimum absolute atomic E-state index is 0.00140. The first-order valence-electron chi connectivity index (χ1n) is 15.2. The number of aromatic amines is 1. The van der Waals surface area contributed by atoms with Gasteiger partial charge in [-0.05, 0) is 54.7 Å². The summed E-state index contributed by atoms with van der Waals surface area (Å²) in [4.78, 5) is 37.8. The number of carbonyl (C=O) groups excluding carboxylic acids is 2. The van der Waals surface area contributed by atoms with Crippen molar-refractivity contribution in [2.75, 3.05) is 33.8 Å². The molecule has 6 rings (SSSR count). The summed E-state index contributed by atoms with van der Waals surface area (Å²) in [5.41, 5.74) is 3.00. The maximum atomic E-state index is 13.1. The molecule has 230 valence electrons. The lowest BCUT2D eigenvalue weighted by molar-refractivity contribution is -0.135. The Morgan fingerprint density at radius 2 is 2.00 bits per heavy atom. The van der Waals surface area contributed by atoms with Crippen LogP contribution in [-0.4, -0.2) is 77.5 Å². The highest BCUT2D eigenvalue weighted by atomic mass is 16.5. The average molecular weight is 590 g/mol. The van der Waals surface area contributed by atoms with Crippen LogP contribution in [0.15, 0.2) is 48.7 Å². The molecule has 0 spiro atoms. The lowest BCUT2D eigenvalue weighted by Crippen LogP contribution is -2.56. The molecule has 2 amide bonds. The van der Waals surface area contributed by atoms with Gasteiger partial charge in [0.1, 0.15) is 11.6 Å². The number of unbranched alkanes of at least 4 members (excludes halogenated alkanes) is 1. The highest BCUT2D eigenvalue weighted by Crippen LogP contribution is 2.33. The van der Waals surface area contributed by atoms with Gasteiger partial charge in [-0.1, -0.05) is 31.5 Å². The van der Waals surface area contributed by atoms with Crippen molar-refractivity contribution in [3.05, 3.63) is 71.3 Å². The molecule has 2 atom stereocenters. The predicted octanol–water partition coefficient (Wildman–Crippen LogP) is 4.23. The fourth-order valence-corrected chi connectivity index (χ4v) is 5.64. The summed E-state index contributed by atoms with van der Waals surface area (Å²) in [6, 6.07) is 13.3. The second-order valence-corrected chi connectivity index (χ2v) is 11.5. The van der Waals surface area contributed by atoms with Crippen molar-refractivity contribution in [1.29, 1.82) is 0 Å². The van der Waals surface area contributed by atoms with E-state index in [1.165, 1.54) is 4.90 Å². The normalized spacial score (nSPS) is 20.4. The van der Waals surface area contributed by atoms with Crippen molar-refractivity contribution in [1.82, 2.24) is 25.1 Å². The first-order valence-corrected chi connectivity index (χ1v) is 15.2. The average Bonchev–Trinajstić information content (AvgIpc) is 3.46. The van der Waals surface area contributed by atoms with Crippen LogP contribution in [0.1, 0.15) is 55.3 Å². The van der Waals surface area contributed by atoms with Gasteiger partial charge in [-0.15, -0.1) is 0 Å². The van der Waals surface area contributed by atoms with Crippen LogP contribution in [0.4, 0.5) is 0 Å². The zero-order valence-electron chi connectivity index (χ0n) is 25.4. The number of rotatable bonds is 6. The first kappa shape index (κ1) is 30.6. The zero-order chi connectivity index (χ0) is 30.2. The largest absolute Gasteiger partial charge is 0.493 e. The van der Waals surface area contributed by atoms with Crippen molar-refractivity contribution in [3.63, 3.8) is 0 Å². The predicted molar refractivity (Wildman–Crippen MR) is 163 cm³/mol. The van der Waals surface area contributed by atoms with E-state index in [4.69, 9.17) is 14.2 Å². The summed E-state index contributed by atoms with van der Waals surface area (Å²) in [6.45, 7) is 4.74. The van der Waals surface area contributed by atoms with Crippen LogP contribution in [-0.2, 0) is 40.3 Å². The maximum Gasteiger partial charge on any atom is 0.239 e. The Hall–Kier alpha value is -3.89. The SMILES string of the molecule is CCCCc1ncc(CN2CC[C@@H]3NC(=O)CN(C)C(=O)CCc4ccc(c(OC)c4)Oc4cccc(c4)CO[C@H]3C2)[nH]1. The smallest absolute Gasteiger partial charge is 0.239 e. The van der Waals surface area contributed by atoms with Gasteiger partial charge >= 0.3 is 0 Å². The first-order chi connectivity index (χ1) is 20.9. The van der Waals surface area contributed by atoms with E-state index >= 15 is 0 Å². The summed E-state index contributed by atoms with van der Waals surface area (Å²) in [7, 11) is 3.27. The molecule has 0 aliphatic carbocycles. The molecule has 0 unspecified atom stereocenters. The van der Waals surface area contributed by atoms with E-state index < -0.39 is 0 Å². The Bertz CT molecular complexity index is 1390. The van der Waals surface area contributed by atoms with Crippen molar-refractivity contribution in [3.8, 4) is 17.2 Å². The van der Waals surface area contributed by atoms with Crippen LogP contribution in [0.5, 0.6) is 17.2 Å². The molecular weight excluding hydrogens is 546 g/mol. The van der Waals surface area contributed by atoms with E-state index in [1.807, 2.05) is 48.7 Å². The molecule has 43 heavy (non-hydrogen) atoms. The molecule has 1 fully saturated rings. The molecule has 3 aliphatic heterocycles. The number of hydrogen-bond acceptors (Lipinski definition) is 7. The van der Waals surface area contributed by atoms with E-state index in [0.717, 1.165) is 61.4 Å². The minimum Gasteiger partial charge on any atom is -0.493 e. The molecule has 3 aliphatic rings. The summed E-state index contributed by atoms with van der Waals surface area (Å²) >= 11 is 0. The van der Waals surface area contributed by atoms with E-state index in [0.29, 0.717) is 36.8 Å². The molecule has 0 saturated carbocycles. The van der Waals surface area contributed by atoms with Gasteiger partial charge in [-0.2, -0.15) is 0 Å². The van der Waals surface area contributed by atoms with Crippen LogP contribution in [0, 0.1) is 0 Å². The molecule has 4 bridgehead atoms. The van der Waals surface area contributed by atoms with Crippen molar-refractivity contribution in [2.45, 2.75) is 70.7 Å². The van der Waals surface area contributed by atoms with Gasteiger partial charge in [0.05, 0.1) is 32.4 Å². The molecule has 10 nitrogen and oxygen atoms in total. The third-order valence-electron chi connectivity index (χ3n) is 8.08. The lowest BCUT2D eigenvalue weighted by atomic mass is 10.0. The summed E-state index contributed by atoms with van der Waals surface area (Å²) in [5.74, 6) is 2.61. The van der Waals surface area contributed by atoms with E-state index in [2.05, 4.69) is 27.1 Å². The Balaban J connectivity index is 1.34. The van der Waals surface area contributed by atoms with Gasteiger partial charge < -0.3 is 29.4 Å². The van der Waals surface area contributed by atoms with Crippen LogP contribution in [0.3, 0.4) is 0 Å². The quantitative estimate of drug-likeness (QED) is 0.443. The highest BCUT2D eigenvalue weighted by Gasteiger charge is 2.32. The molecule has 2 aromatic carbocycles. The molecule has 3 aromatic rings. The number of likely N-dealkylation sites (tertiary alicyclic amines) is 1. The fourth-order valence-electron chi connectivity index (χ4n) is 5.64. The van der Waals surface area contributed by atoms with E-state index in [-0.39, 0.29) is 36.9 Å². The molecule has 0 radical (unpaired) electrons. The van der Waals surface area contributed by atoms with Gasteiger partial charge in [0, 0.05) is 51.4 Å². The monoisotopic (exact) mass is 589 g/mol. The summed E-state index contributed by atoms with van der Waals surface area (Å²) in [5, 5.41) is 3.17. The van der Waals surface area contributed by atoms with Crippen LogP contribution < -0.4 is 14.8 Å². The third kappa shape index (κ3) is 8.36. The number of nitrogens with one attached hydrogen (secondary N) is 2. The number of aromatic nitrogens is 2. The Morgan fingerprint density at radius 3 is 2.84 bits per heavy atom. The van der Waals surface area contributed by atoms with Crippen molar-refractivity contribution in [2.24, 2.45) is 0 Å². The van der Waals surface area contributed by atoms with Crippen LogP contribution >= 0.6 is 0 Å². The number of methoxy groups -OCH3 is 1. The maximum absolute atomic E-state index is 13.1. The van der Waals surface area contributed by atoms with E-state index in [9.17, 15) is 9.59 Å². The Morgan fingerprint density at radius 1 is 1.12 bits per heavy atom. The number of hydrogen-bond donors (Lipinski definition) is 2. The summed E-state index contributed by atoms with van der Waals surface area (Å²) < 4.78 is 18.3. The fraction of sp³-hybridized carbons (Fsp3) is 0.485. The number of piperidine rings is 1. The number of ether oxygens (including phenoxy) is 3. The molecule has 1 saturated heterocycles. The lowest BCUT2D eigenvalue weighted by Gasteiger charge is -2.38. The number of H-pyrrole nitrogens is 1. The van der Waals surface area contributed by atoms with E-state index in [1.54, 1.807) is 14.2 Å². The second-order valence-electron chi connectivity index (χ2n) is 11.5. The van der Waals surface area contributed by atoms with Crippen molar-refractivity contribution < 1.29 is 23.8 Å². The Kier molecular flexibility index (Phi) is 10.3. The standard InChI is InChI=1S/C33H43N5O5/c1-4-5-9-31-34-18-25(35-31)19-38-15-14-27-30(20-38)42-22-24-7-6-8-26(16-24)43-28-12-10-23(17-29(28)41-3)11-13-33(40)37(2)21-32(39)36-27/h6-8,10,12,16-18,27,30H,4-5,9,11,13-15,19-22H2,1-3H3,(H,34,35)(H,36,39)/t27-,30-/m0/s1. The molecule has 10 heteroatoms. The topological polar surface area (TPSA) is 109 Å². The number of fused-ring (bicyclic) bond motifs is 9. The van der Waals surface area contributed by atoms with Crippen molar-refractivity contribution >= 4 is 11.8 Å². The van der Waals surface area contributed by atoms with Gasteiger partial charge in [-0.3, -0.25) is 14.5 Å². The molecule has 4 heterocycles.